The van der Waals surface area contributed by atoms with Gasteiger partial charge in [-0.15, -0.1) is 0 Å². The van der Waals surface area contributed by atoms with Crippen LogP contribution in [-0.4, -0.2) is 33.8 Å². The number of hydrogen-bond donors (Lipinski definition) is 1. The lowest BCUT2D eigenvalue weighted by Crippen LogP contribution is -2.35. The maximum absolute atomic E-state index is 11.9. The fourth-order valence-electron chi connectivity index (χ4n) is 2.05. The molecule has 0 radical (unpaired) electrons. The Balaban J connectivity index is 1.78. The van der Waals surface area contributed by atoms with Crippen molar-refractivity contribution in [2.45, 2.75) is 25.5 Å². The molecule has 0 saturated carbocycles. The lowest BCUT2D eigenvalue weighted by molar-refractivity contribution is -0.122. The second-order valence-corrected chi connectivity index (χ2v) is 8.63. The van der Waals surface area contributed by atoms with E-state index in [0.717, 1.165) is 10.8 Å². The molecule has 2 aromatic carbocycles. The summed E-state index contributed by atoms with van der Waals surface area (Å²) in [6.45, 7) is 6.12. The number of hydrogen-bond acceptors (Lipinski definition) is 3. The van der Waals surface area contributed by atoms with Crippen molar-refractivity contribution in [2.24, 2.45) is 0 Å². The van der Waals surface area contributed by atoms with Crippen LogP contribution in [0.25, 0.3) is 10.8 Å². The van der Waals surface area contributed by atoms with Crippen molar-refractivity contribution < 1.29 is 13.7 Å². The summed E-state index contributed by atoms with van der Waals surface area (Å²) in [6.07, 6.45) is 0. The van der Waals surface area contributed by atoms with Gasteiger partial charge in [0.2, 0.25) is 0 Å². The van der Waals surface area contributed by atoms with Gasteiger partial charge in [-0.05, 0) is 43.7 Å². The van der Waals surface area contributed by atoms with E-state index in [2.05, 4.69) is 5.32 Å². The SMILES string of the molecule is CC(C)(C)[S@@](=O)CCNC(=O)COc1ccc2ccccc2c1. The summed E-state index contributed by atoms with van der Waals surface area (Å²) in [7, 11) is -0.965. The molecule has 5 heteroatoms. The summed E-state index contributed by atoms with van der Waals surface area (Å²) < 4.78 is 17.1. The molecule has 1 N–H and O–H groups in total. The highest BCUT2D eigenvalue weighted by Gasteiger charge is 2.18. The van der Waals surface area contributed by atoms with Crippen LogP contribution in [0, 0.1) is 0 Å². The molecule has 0 aliphatic heterocycles. The van der Waals surface area contributed by atoms with Crippen LogP contribution in [0.2, 0.25) is 0 Å². The Hall–Kier alpha value is -1.88. The largest absolute Gasteiger partial charge is 0.484 e. The zero-order chi connectivity index (χ0) is 16.9. The number of fused-ring (bicyclic) bond motifs is 1. The Morgan fingerprint density at radius 2 is 1.83 bits per heavy atom. The number of carbonyl (C=O) groups excluding carboxylic acids is 1. The topological polar surface area (TPSA) is 55.4 Å². The number of carbonyl (C=O) groups is 1. The Morgan fingerprint density at radius 3 is 2.52 bits per heavy atom. The molecule has 124 valence electrons. The first-order valence-corrected chi connectivity index (χ1v) is 8.95. The Kier molecular flexibility index (Phi) is 5.77. The van der Waals surface area contributed by atoms with E-state index in [1.807, 2.05) is 63.2 Å². The minimum absolute atomic E-state index is 0.0412. The van der Waals surface area contributed by atoms with E-state index in [1.54, 1.807) is 0 Å². The first-order valence-electron chi connectivity index (χ1n) is 7.63. The molecule has 1 amide bonds. The first kappa shape index (κ1) is 17.5. The van der Waals surface area contributed by atoms with Crippen molar-refractivity contribution in [1.29, 1.82) is 0 Å². The normalized spacial score (nSPS) is 12.8. The fourth-order valence-corrected chi connectivity index (χ4v) is 2.95. The van der Waals surface area contributed by atoms with E-state index < -0.39 is 10.8 Å². The van der Waals surface area contributed by atoms with Gasteiger partial charge >= 0.3 is 0 Å². The van der Waals surface area contributed by atoms with E-state index in [4.69, 9.17) is 4.74 Å². The van der Waals surface area contributed by atoms with Crippen molar-refractivity contribution >= 4 is 27.5 Å². The summed E-state index contributed by atoms with van der Waals surface area (Å²) in [4.78, 5) is 11.8. The van der Waals surface area contributed by atoms with Crippen molar-refractivity contribution in [1.82, 2.24) is 5.32 Å². The van der Waals surface area contributed by atoms with Crippen molar-refractivity contribution in [2.75, 3.05) is 18.9 Å². The number of benzene rings is 2. The molecular formula is C18H23NO3S. The molecule has 0 unspecified atom stereocenters. The highest BCUT2D eigenvalue weighted by Crippen LogP contribution is 2.20. The summed E-state index contributed by atoms with van der Waals surface area (Å²) in [5.41, 5.74) is 0. The molecule has 0 aliphatic rings. The number of rotatable bonds is 6. The third-order valence-electron chi connectivity index (χ3n) is 3.38. The lowest BCUT2D eigenvalue weighted by atomic mass is 10.1. The summed E-state index contributed by atoms with van der Waals surface area (Å²) in [5, 5.41) is 4.94. The minimum atomic E-state index is -0.965. The monoisotopic (exact) mass is 333 g/mol. The first-order chi connectivity index (χ1) is 10.9. The Labute approximate surface area is 139 Å². The van der Waals surface area contributed by atoms with Gasteiger partial charge in [-0.25, -0.2) is 0 Å². The van der Waals surface area contributed by atoms with Crippen molar-refractivity contribution in [3.05, 3.63) is 42.5 Å². The zero-order valence-corrected chi connectivity index (χ0v) is 14.6. The quantitative estimate of drug-likeness (QED) is 0.884. The molecule has 2 aromatic rings. The van der Waals surface area contributed by atoms with Gasteiger partial charge in [-0.1, -0.05) is 30.3 Å². The van der Waals surface area contributed by atoms with E-state index in [9.17, 15) is 9.00 Å². The molecule has 0 spiro atoms. The number of amides is 1. The van der Waals surface area contributed by atoms with Crippen LogP contribution in [0.15, 0.2) is 42.5 Å². The third kappa shape index (κ3) is 5.36. The smallest absolute Gasteiger partial charge is 0.257 e. The van der Waals surface area contributed by atoms with E-state index in [-0.39, 0.29) is 17.3 Å². The molecule has 0 aromatic heterocycles. The van der Waals surface area contributed by atoms with Crippen LogP contribution in [0.4, 0.5) is 0 Å². The van der Waals surface area contributed by atoms with Gasteiger partial charge in [0.1, 0.15) is 5.75 Å². The summed E-state index contributed by atoms with van der Waals surface area (Å²) in [5.74, 6) is 0.909. The number of ether oxygens (including phenoxy) is 1. The van der Waals surface area contributed by atoms with Crippen molar-refractivity contribution in [3.8, 4) is 5.75 Å². The Bertz CT molecular complexity index is 707. The molecular weight excluding hydrogens is 310 g/mol. The maximum Gasteiger partial charge on any atom is 0.257 e. The molecule has 0 bridgehead atoms. The molecule has 0 saturated heterocycles. The van der Waals surface area contributed by atoms with Gasteiger partial charge in [0.05, 0.1) is 0 Å². The van der Waals surface area contributed by atoms with Gasteiger partial charge in [-0.3, -0.25) is 9.00 Å². The fraction of sp³-hybridized carbons (Fsp3) is 0.389. The van der Waals surface area contributed by atoms with Gasteiger partial charge in [0.15, 0.2) is 6.61 Å². The van der Waals surface area contributed by atoms with Gasteiger partial charge in [0, 0.05) is 27.8 Å². The Morgan fingerprint density at radius 1 is 1.13 bits per heavy atom. The summed E-state index contributed by atoms with van der Waals surface area (Å²) >= 11 is 0. The van der Waals surface area contributed by atoms with Crippen LogP contribution >= 0.6 is 0 Å². The van der Waals surface area contributed by atoms with Crippen LogP contribution in [0.3, 0.4) is 0 Å². The van der Waals surface area contributed by atoms with Gasteiger partial charge in [0.25, 0.3) is 5.91 Å². The minimum Gasteiger partial charge on any atom is -0.484 e. The molecule has 4 nitrogen and oxygen atoms in total. The van der Waals surface area contributed by atoms with Crippen LogP contribution < -0.4 is 10.1 Å². The maximum atomic E-state index is 11.9. The van der Waals surface area contributed by atoms with Gasteiger partial charge < -0.3 is 10.1 Å². The van der Waals surface area contributed by atoms with Gasteiger partial charge in [-0.2, -0.15) is 0 Å². The zero-order valence-electron chi connectivity index (χ0n) is 13.8. The lowest BCUT2D eigenvalue weighted by Gasteiger charge is -2.17. The third-order valence-corrected chi connectivity index (χ3v) is 5.32. The predicted molar refractivity (Wildman–Crippen MR) is 95.2 cm³/mol. The average molecular weight is 333 g/mol. The van der Waals surface area contributed by atoms with E-state index in [1.165, 1.54) is 0 Å². The molecule has 0 heterocycles. The second-order valence-electron chi connectivity index (χ2n) is 6.31. The highest BCUT2D eigenvalue weighted by molar-refractivity contribution is 7.86. The van der Waals surface area contributed by atoms with Crippen LogP contribution in [0.1, 0.15) is 20.8 Å². The standard InChI is InChI=1S/C18H23NO3S/c1-18(2,3)23(21)11-10-19-17(20)13-22-16-9-8-14-6-4-5-7-15(14)12-16/h4-9,12H,10-11,13H2,1-3H3,(H,19,20)/t23-/m0/s1. The average Bonchev–Trinajstić information content (AvgIpc) is 2.51. The number of nitrogens with one attached hydrogen (secondary N) is 1. The van der Waals surface area contributed by atoms with Crippen LogP contribution in [-0.2, 0) is 15.6 Å². The summed E-state index contributed by atoms with van der Waals surface area (Å²) in [6, 6.07) is 13.7. The molecule has 1 atom stereocenters. The molecule has 0 fully saturated rings. The predicted octanol–water partition coefficient (Wildman–Crippen LogP) is 2.88. The second kappa shape index (κ2) is 7.59. The molecule has 23 heavy (non-hydrogen) atoms. The highest BCUT2D eigenvalue weighted by atomic mass is 32.2. The molecule has 0 aliphatic carbocycles. The van der Waals surface area contributed by atoms with Crippen LogP contribution in [0.5, 0.6) is 5.75 Å². The van der Waals surface area contributed by atoms with Crippen molar-refractivity contribution in [3.63, 3.8) is 0 Å². The van der Waals surface area contributed by atoms with E-state index >= 15 is 0 Å². The molecule has 2 rings (SSSR count). The van der Waals surface area contributed by atoms with E-state index in [0.29, 0.717) is 18.0 Å².